The van der Waals surface area contributed by atoms with Crippen LogP contribution in [0.1, 0.15) is 37.7 Å². The van der Waals surface area contributed by atoms with Gasteiger partial charge in [-0.15, -0.1) is 24.8 Å². The molecule has 1 aromatic carbocycles. The molecule has 2 bridgehead atoms. The first kappa shape index (κ1) is 24.7. The summed E-state index contributed by atoms with van der Waals surface area (Å²) in [5, 5.41) is 3.50. The highest BCUT2D eigenvalue weighted by Gasteiger charge is 2.40. The van der Waals surface area contributed by atoms with Crippen LogP contribution >= 0.6 is 36.4 Å². The van der Waals surface area contributed by atoms with E-state index in [2.05, 4.69) is 10.3 Å². The molecule has 4 rings (SSSR count). The Balaban J connectivity index is 0.00000160. The lowest BCUT2D eigenvalue weighted by molar-refractivity contribution is -0.122. The molecule has 5 nitrogen and oxygen atoms in total. The van der Waals surface area contributed by atoms with Gasteiger partial charge in [0, 0.05) is 35.6 Å². The number of aromatic nitrogens is 1. The molecule has 1 amide bonds. The predicted molar refractivity (Wildman–Crippen MR) is 125 cm³/mol. The minimum absolute atomic E-state index is 0. The molecule has 164 valence electrons. The number of fused-ring (bicyclic) bond motifs is 2. The molecule has 0 spiro atoms. The number of hydrogen-bond acceptors (Lipinski definition) is 4. The van der Waals surface area contributed by atoms with E-state index in [1.165, 1.54) is 6.42 Å². The molecule has 0 radical (unpaired) electrons. The van der Waals surface area contributed by atoms with E-state index in [1.807, 2.05) is 18.2 Å². The number of halogens is 3. The van der Waals surface area contributed by atoms with Crippen LogP contribution in [-0.2, 0) is 11.4 Å². The molecule has 2 unspecified atom stereocenters. The van der Waals surface area contributed by atoms with Gasteiger partial charge in [-0.1, -0.05) is 24.1 Å². The van der Waals surface area contributed by atoms with E-state index in [-0.39, 0.29) is 42.7 Å². The summed E-state index contributed by atoms with van der Waals surface area (Å²) in [6, 6.07) is 9.44. The second-order valence-corrected chi connectivity index (χ2v) is 8.39. The van der Waals surface area contributed by atoms with Gasteiger partial charge in [-0.2, -0.15) is 0 Å². The fourth-order valence-corrected chi connectivity index (χ4v) is 4.82. The van der Waals surface area contributed by atoms with Crippen LogP contribution < -0.4 is 15.8 Å². The largest absolute Gasteiger partial charge is 0.487 e. The number of carbonyl (C=O) groups is 1. The number of anilines is 1. The van der Waals surface area contributed by atoms with Gasteiger partial charge in [0.05, 0.1) is 5.02 Å². The lowest BCUT2D eigenvalue weighted by Crippen LogP contribution is -2.48. The molecule has 2 aliphatic carbocycles. The van der Waals surface area contributed by atoms with Crippen LogP contribution in [-0.4, -0.2) is 16.9 Å². The number of nitrogens with two attached hydrogens (primary N) is 1. The van der Waals surface area contributed by atoms with Gasteiger partial charge >= 0.3 is 0 Å². The topological polar surface area (TPSA) is 77.2 Å². The van der Waals surface area contributed by atoms with Gasteiger partial charge in [0.2, 0.25) is 5.91 Å². The van der Waals surface area contributed by atoms with E-state index < -0.39 is 0 Å². The van der Waals surface area contributed by atoms with Crippen LogP contribution in [0.5, 0.6) is 5.75 Å². The summed E-state index contributed by atoms with van der Waals surface area (Å²) >= 11 is 6.35. The molecular weight excluding hydrogens is 445 g/mol. The molecule has 0 saturated heterocycles. The summed E-state index contributed by atoms with van der Waals surface area (Å²) in [4.78, 5) is 16.8. The van der Waals surface area contributed by atoms with Gasteiger partial charge in [0.15, 0.2) is 0 Å². The second-order valence-electron chi connectivity index (χ2n) is 7.98. The van der Waals surface area contributed by atoms with Crippen LogP contribution in [0.15, 0.2) is 42.7 Å². The first-order chi connectivity index (χ1) is 13.6. The third kappa shape index (κ3) is 5.79. The summed E-state index contributed by atoms with van der Waals surface area (Å²) in [5.41, 5.74) is 8.01. The Morgan fingerprint density at radius 1 is 1.20 bits per heavy atom. The Bertz CT molecular complexity index is 824. The van der Waals surface area contributed by atoms with Gasteiger partial charge in [0.1, 0.15) is 12.4 Å². The first-order valence-corrected chi connectivity index (χ1v) is 10.4. The van der Waals surface area contributed by atoms with Crippen molar-refractivity contribution in [1.82, 2.24) is 4.98 Å². The van der Waals surface area contributed by atoms with Crippen LogP contribution in [0.2, 0.25) is 5.02 Å². The van der Waals surface area contributed by atoms with Crippen molar-refractivity contribution < 1.29 is 9.53 Å². The average Bonchev–Trinajstić information content (AvgIpc) is 2.68. The number of carbonyl (C=O) groups excluding carboxylic acids is 1. The molecule has 2 fully saturated rings. The third-order valence-electron chi connectivity index (χ3n) is 6.10. The monoisotopic (exact) mass is 471 g/mol. The van der Waals surface area contributed by atoms with Gasteiger partial charge in [-0.05, 0) is 61.8 Å². The normalized spacial score (nSPS) is 24.7. The Hall–Kier alpha value is -1.53. The first-order valence-electron chi connectivity index (χ1n) is 9.98. The summed E-state index contributed by atoms with van der Waals surface area (Å²) in [7, 11) is 0. The maximum absolute atomic E-state index is 12.8. The van der Waals surface area contributed by atoms with Crippen LogP contribution in [0.3, 0.4) is 0 Å². The summed E-state index contributed by atoms with van der Waals surface area (Å²) in [6.07, 6.45) is 8.81. The predicted octanol–water partition coefficient (Wildman–Crippen LogP) is 5.25. The lowest BCUT2D eigenvalue weighted by Gasteiger charge is -2.43. The fourth-order valence-electron chi connectivity index (χ4n) is 4.59. The highest BCUT2D eigenvalue weighted by molar-refractivity contribution is 6.32. The molecular formula is C22H28Cl3N3O2. The molecule has 30 heavy (non-hydrogen) atoms. The van der Waals surface area contributed by atoms with Crippen molar-refractivity contribution in [3.63, 3.8) is 0 Å². The third-order valence-corrected chi connectivity index (χ3v) is 6.40. The number of benzene rings is 1. The van der Waals surface area contributed by atoms with Crippen LogP contribution in [0, 0.1) is 17.8 Å². The molecule has 1 aromatic heterocycles. The molecule has 0 aliphatic heterocycles. The lowest BCUT2D eigenvalue weighted by atomic mass is 9.65. The van der Waals surface area contributed by atoms with Crippen molar-refractivity contribution in [1.29, 1.82) is 0 Å². The highest BCUT2D eigenvalue weighted by Crippen LogP contribution is 2.42. The van der Waals surface area contributed by atoms with Gasteiger partial charge < -0.3 is 15.8 Å². The van der Waals surface area contributed by atoms with Crippen molar-refractivity contribution in [2.45, 2.75) is 44.8 Å². The molecule has 2 atom stereocenters. The van der Waals surface area contributed by atoms with E-state index in [4.69, 9.17) is 22.1 Å². The van der Waals surface area contributed by atoms with Crippen molar-refractivity contribution >= 4 is 48.0 Å². The average molecular weight is 473 g/mol. The van der Waals surface area contributed by atoms with Crippen molar-refractivity contribution in [3.8, 4) is 5.75 Å². The summed E-state index contributed by atoms with van der Waals surface area (Å²) < 4.78 is 5.76. The second kappa shape index (κ2) is 11.2. The quantitative estimate of drug-likeness (QED) is 0.623. The standard InChI is InChI=1S/C22H26ClN3O2.2ClH/c23-19-11-18(6-7-20(19)28-13-14-3-2-8-25-12-14)26-22(27)17-9-15-4-1-5-16(10-17)21(15)24;;/h2-3,6-8,11-12,15-17,21H,1,4-5,9-10,13,24H2,(H,26,27);2*1H. The van der Waals surface area contributed by atoms with Gasteiger partial charge in [-0.3, -0.25) is 9.78 Å². The van der Waals surface area contributed by atoms with E-state index in [0.717, 1.165) is 31.2 Å². The van der Waals surface area contributed by atoms with Gasteiger partial charge in [0.25, 0.3) is 0 Å². The molecule has 3 N–H and O–H groups in total. The Kier molecular flexibility index (Phi) is 9.23. The number of hydrogen-bond donors (Lipinski definition) is 2. The van der Waals surface area contributed by atoms with Crippen LogP contribution in [0.25, 0.3) is 0 Å². The summed E-state index contributed by atoms with van der Waals surface area (Å²) in [5.74, 6) is 1.66. The minimum Gasteiger partial charge on any atom is -0.487 e. The minimum atomic E-state index is 0. The molecule has 8 heteroatoms. The number of amides is 1. The molecule has 2 saturated carbocycles. The Morgan fingerprint density at radius 3 is 2.57 bits per heavy atom. The van der Waals surface area contributed by atoms with E-state index in [9.17, 15) is 4.79 Å². The molecule has 2 aromatic rings. The van der Waals surface area contributed by atoms with Gasteiger partial charge in [-0.25, -0.2) is 0 Å². The number of nitrogens with zero attached hydrogens (tertiary/aromatic N) is 1. The van der Waals surface area contributed by atoms with E-state index in [0.29, 0.717) is 34.9 Å². The van der Waals surface area contributed by atoms with Crippen molar-refractivity contribution in [3.05, 3.63) is 53.3 Å². The Morgan fingerprint density at radius 2 is 1.93 bits per heavy atom. The maximum atomic E-state index is 12.8. The zero-order valence-electron chi connectivity index (χ0n) is 16.6. The molecule has 2 aliphatic rings. The number of ether oxygens (including phenoxy) is 1. The zero-order valence-corrected chi connectivity index (χ0v) is 19.0. The summed E-state index contributed by atoms with van der Waals surface area (Å²) in [6.45, 7) is 0.393. The number of rotatable bonds is 5. The highest BCUT2D eigenvalue weighted by atomic mass is 35.5. The molecule has 1 heterocycles. The fraction of sp³-hybridized carbons (Fsp3) is 0.455. The SMILES string of the molecule is Cl.Cl.NC1C2CCCC1CC(C(=O)Nc1ccc(OCc3cccnc3)c(Cl)c1)C2. The number of nitrogens with one attached hydrogen (secondary N) is 1. The maximum Gasteiger partial charge on any atom is 0.227 e. The Labute approximate surface area is 194 Å². The van der Waals surface area contributed by atoms with E-state index >= 15 is 0 Å². The van der Waals surface area contributed by atoms with Crippen molar-refractivity contribution in [2.24, 2.45) is 23.5 Å². The van der Waals surface area contributed by atoms with E-state index in [1.54, 1.807) is 24.5 Å². The van der Waals surface area contributed by atoms with Crippen molar-refractivity contribution in [2.75, 3.05) is 5.32 Å². The van der Waals surface area contributed by atoms with Crippen LogP contribution in [0.4, 0.5) is 5.69 Å². The smallest absolute Gasteiger partial charge is 0.227 e. The number of pyridine rings is 1. The zero-order chi connectivity index (χ0) is 19.5.